The Bertz CT molecular complexity index is 390. The molecule has 0 fully saturated rings. The normalized spacial score (nSPS) is 21.3. The average Bonchev–Trinajstić information content (AvgIpc) is 2.24. The summed E-state index contributed by atoms with van der Waals surface area (Å²) in [6, 6.07) is 6.30. The molecule has 15 heavy (non-hydrogen) atoms. The van der Waals surface area contributed by atoms with Gasteiger partial charge in [-0.15, -0.1) is 0 Å². The topological polar surface area (TPSA) is 0 Å². The van der Waals surface area contributed by atoms with Gasteiger partial charge in [0.05, 0.1) is 5.02 Å². The average molecular weight is 221 g/mol. The largest absolute Gasteiger partial charge is 0.0834 e. The van der Waals surface area contributed by atoms with Crippen molar-refractivity contribution < 1.29 is 0 Å². The van der Waals surface area contributed by atoms with Crippen LogP contribution in [0.3, 0.4) is 0 Å². The maximum absolute atomic E-state index is 6.32. The van der Waals surface area contributed by atoms with Gasteiger partial charge in [0.2, 0.25) is 0 Å². The highest BCUT2D eigenvalue weighted by molar-refractivity contribution is 6.33. The maximum Gasteiger partial charge on any atom is 0.0510 e. The summed E-state index contributed by atoms with van der Waals surface area (Å²) >= 11 is 6.32. The minimum atomic E-state index is 0.831. The molecule has 0 radical (unpaired) electrons. The van der Waals surface area contributed by atoms with Crippen molar-refractivity contribution >= 4 is 17.2 Å². The summed E-state index contributed by atoms with van der Waals surface area (Å²) in [5.74, 6) is 0.831. The zero-order valence-electron chi connectivity index (χ0n) is 9.39. The van der Waals surface area contributed by atoms with Crippen LogP contribution in [0.15, 0.2) is 24.3 Å². The van der Waals surface area contributed by atoms with Crippen molar-refractivity contribution in [1.82, 2.24) is 0 Å². The van der Waals surface area contributed by atoms with Gasteiger partial charge in [-0.1, -0.05) is 42.8 Å². The Kier molecular flexibility index (Phi) is 3.16. The van der Waals surface area contributed by atoms with E-state index in [1.54, 1.807) is 0 Å². The first-order chi connectivity index (χ1) is 7.18. The van der Waals surface area contributed by atoms with Crippen molar-refractivity contribution in [3.63, 3.8) is 0 Å². The van der Waals surface area contributed by atoms with Crippen molar-refractivity contribution in [3.8, 4) is 0 Å². The van der Waals surface area contributed by atoms with Crippen LogP contribution in [0.2, 0.25) is 5.02 Å². The highest BCUT2D eigenvalue weighted by atomic mass is 35.5. The van der Waals surface area contributed by atoms with Crippen LogP contribution >= 0.6 is 11.6 Å². The van der Waals surface area contributed by atoms with Gasteiger partial charge in [0, 0.05) is 0 Å². The summed E-state index contributed by atoms with van der Waals surface area (Å²) < 4.78 is 0. The monoisotopic (exact) mass is 220 g/mol. The molecule has 1 atom stereocenters. The number of halogens is 1. The summed E-state index contributed by atoms with van der Waals surface area (Å²) in [4.78, 5) is 0. The van der Waals surface area contributed by atoms with Gasteiger partial charge >= 0.3 is 0 Å². The van der Waals surface area contributed by atoms with Crippen molar-refractivity contribution in [1.29, 1.82) is 0 Å². The van der Waals surface area contributed by atoms with Crippen LogP contribution in [0.5, 0.6) is 0 Å². The van der Waals surface area contributed by atoms with E-state index < -0.39 is 0 Å². The number of hydrogen-bond donors (Lipinski definition) is 0. The predicted octanol–water partition coefficient (Wildman–Crippen LogP) is 4.85. The molecule has 1 unspecified atom stereocenters. The number of benzene rings is 1. The van der Waals surface area contributed by atoms with Gasteiger partial charge in [0.25, 0.3) is 0 Å². The molecule has 1 aromatic rings. The Balaban J connectivity index is 2.34. The van der Waals surface area contributed by atoms with E-state index in [-0.39, 0.29) is 0 Å². The smallest absolute Gasteiger partial charge is 0.0510 e. The second-order valence-electron chi connectivity index (χ2n) is 4.55. The Hall–Kier alpha value is -0.750. The zero-order valence-corrected chi connectivity index (χ0v) is 10.1. The molecule has 0 saturated carbocycles. The fraction of sp³-hybridized carbons (Fsp3) is 0.429. The van der Waals surface area contributed by atoms with Crippen LogP contribution in [0.1, 0.15) is 37.3 Å². The fourth-order valence-corrected chi connectivity index (χ4v) is 2.35. The molecule has 0 N–H and O–H groups in total. The standard InChI is InChI=1S/C14H17Cl/c1-10-6-8-12(9-7-10)13-5-3-4-11(2)14(13)15/h3-5,8,10H,6-7,9H2,1-2H3. The molecule has 1 aliphatic carbocycles. The molecule has 0 amide bonds. The Morgan fingerprint density at radius 3 is 2.80 bits per heavy atom. The van der Waals surface area contributed by atoms with Gasteiger partial charge in [-0.3, -0.25) is 0 Å². The van der Waals surface area contributed by atoms with Crippen LogP contribution in [-0.2, 0) is 0 Å². The lowest BCUT2D eigenvalue weighted by atomic mass is 9.87. The minimum Gasteiger partial charge on any atom is -0.0834 e. The van der Waals surface area contributed by atoms with E-state index in [2.05, 4.69) is 38.1 Å². The second-order valence-corrected chi connectivity index (χ2v) is 4.92. The number of hydrogen-bond acceptors (Lipinski definition) is 0. The van der Waals surface area contributed by atoms with E-state index in [0.29, 0.717) is 0 Å². The quantitative estimate of drug-likeness (QED) is 0.635. The lowest BCUT2D eigenvalue weighted by Gasteiger charge is -2.19. The van der Waals surface area contributed by atoms with E-state index in [1.807, 2.05) is 0 Å². The summed E-state index contributed by atoms with van der Waals surface area (Å²) in [5.41, 5.74) is 3.85. The number of rotatable bonds is 1. The van der Waals surface area contributed by atoms with Gasteiger partial charge in [-0.2, -0.15) is 0 Å². The second kappa shape index (κ2) is 4.40. The highest BCUT2D eigenvalue weighted by Crippen LogP contribution is 2.34. The number of allylic oxidation sites excluding steroid dienone is 2. The molecular weight excluding hydrogens is 204 g/mol. The third-order valence-electron chi connectivity index (χ3n) is 3.21. The maximum atomic E-state index is 6.32. The summed E-state index contributed by atoms with van der Waals surface area (Å²) in [6.45, 7) is 4.38. The molecule has 0 bridgehead atoms. The van der Waals surface area contributed by atoms with Crippen LogP contribution in [-0.4, -0.2) is 0 Å². The summed E-state index contributed by atoms with van der Waals surface area (Å²) in [5, 5.41) is 0.929. The summed E-state index contributed by atoms with van der Waals surface area (Å²) in [6.07, 6.45) is 6.01. The van der Waals surface area contributed by atoms with Crippen LogP contribution in [0.4, 0.5) is 0 Å². The zero-order chi connectivity index (χ0) is 10.8. The highest BCUT2D eigenvalue weighted by Gasteiger charge is 2.14. The van der Waals surface area contributed by atoms with Gasteiger partial charge in [0.15, 0.2) is 0 Å². The first-order valence-corrected chi connectivity index (χ1v) is 6.01. The third kappa shape index (κ3) is 2.26. The van der Waals surface area contributed by atoms with Crippen LogP contribution in [0, 0.1) is 12.8 Å². The van der Waals surface area contributed by atoms with Crippen LogP contribution < -0.4 is 0 Å². The molecule has 0 heterocycles. The van der Waals surface area contributed by atoms with Gasteiger partial charge in [-0.25, -0.2) is 0 Å². The third-order valence-corrected chi connectivity index (χ3v) is 3.71. The van der Waals surface area contributed by atoms with E-state index in [9.17, 15) is 0 Å². The van der Waals surface area contributed by atoms with Crippen molar-refractivity contribution in [2.75, 3.05) is 0 Å². The van der Waals surface area contributed by atoms with Crippen LogP contribution in [0.25, 0.3) is 5.57 Å². The van der Waals surface area contributed by atoms with E-state index in [4.69, 9.17) is 11.6 Å². The van der Waals surface area contributed by atoms with Crippen molar-refractivity contribution in [2.24, 2.45) is 5.92 Å². The molecule has 80 valence electrons. The Morgan fingerprint density at radius 2 is 2.13 bits per heavy atom. The van der Waals surface area contributed by atoms with Crippen molar-refractivity contribution in [3.05, 3.63) is 40.4 Å². The molecule has 2 rings (SSSR count). The molecule has 0 aliphatic heterocycles. The SMILES string of the molecule is Cc1cccc(C2=CCC(C)CC2)c1Cl. The molecule has 0 aromatic heterocycles. The number of aryl methyl sites for hydroxylation is 1. The molecular formula is C14H17Cl. The van der Waals surface area contributed by atoms with E-state index in [0.717, 1.165) is 10.9 Å². The summed E-state index contributed by atoms with van der Waals surface area (Å²) in [7, 11) is 0. The lowest BCUT2D eigenvalue weighted by Crippen LogP contribution is -2.01. The fourth-order valence-electron chi connectivity index (χ4n) is 2.11. The lowest BCUT2D eigenvalue weighted by molar-refractivity contribution is 0.534. The Morgan fingerprint density at radius 1 is 1.33 bits per heavy atom. The van der Waals surface area contributed by atoms with E-state index in [1.165, 1.54) is 36.0 Å². The van der Waals surface area contributed by atoms with Crippen molar-refractivity contribution in [2.45, 2.75) is 33.1 Å². The molecule has 1 heteroatoms. The van der Waals surface area contributed by atoms with Gasteiger partial charge < -0.3 is 0 Å². The Labute approximate surface area is 97.0 Å². The molecule has 0 nitrogen and oxygen atoms in total. The minimum absolute atomic E-state index is 0.831. The van der Waals surface area contributed by atoms with Gasteiger partial charge in [0.1, 0.15) is 0 Å². The first kappa shape index (κ1) is 10.8. The molecule has 1 aliphatic rings. The molecule has 0 saturated heterocycles. The predicted molar refractivity (Wildman–Crippen MR) is 67.2 cm³/mol. The molecule has 1 aromatic carbocycles. The van der Waals surface area contributed by atoms with Gasteiger partial charge in [-0.05, 0) is 48.8 Å². The first-order valence-electron chi connectivity index (χ1n) is 5.63. The molecule has 0 spiro atoms. The van der Waals surface area contributed by atoms with E-state index >= 15 is 0 Å².